The van der Waals surface area contributed by atoms with E-state index in [-0.39, 0.29) is 11.9 Å². The summed E-state index contributed by atoms with van der Waals surface area (Å²) >= 11 is 0. The summed E-state index contributed by atoms with van der Waals surface area (Å²) in [5.74, 6) is 0.613. The molecule has 1 fully saturated rings. The van der Waals surface area contributed by atoms with Gasteiger partial charge in [-0.05, 0) is 25.8 Å². The molecule has 15 heavy (non-hydrogen) atoms. The average Bonchev–Trinajstić information content (AvgIpc) is 2.84. The lowest BCUT2D eigenvalue weighted by atomic mass is 10.2. The third kappa shape index (κ3) is 1.73. The topological polar surface area (TPSA) is 57.2 Å². The van der Waals surface area contributed by atoms with Crippen LogP contribution in [-0.4, -0.2) is 23.4 Å². The summed E-state index contributed by atoms with van der Waals surface area (Å²) in [6.45, 7) is 2.46. The Kier molecular flexibility index (Phi) is 2.46. The molecule has 1 saturated heterocycles. The van der Waals surface area contributed by atoms with Gasteiger partial charge in [-0.25, -0.2) is 0 Å². The van der Waals surface area contributed by atoms with E-state index in [0.717, 1.165) is 12.8 Å². The second kappa shape index (κ2) is 3.77. The van der Waals surface area contributed by atoms with Gasteiger partial charge in [0, 0.05) is 6.54 Å². The lowest BCUT2D eigenvalue weighted by Gasteiger charge is -2.18. The highest BCUT2D eigenvalue weighted by atomic mass is 16.3. The fourth-order valence-corrected chi connectivity index (χ4v) is 1.87. The Morgan fingerprint density at radius 3 is 3.13 bits per heavy atom. The summed E-state index contributed by atoms with van der Waals surface area (Å²) in [7, 11) is 0. The maximum absolute atomic E-state index is 11.9. The van der Waals surface area contributed by atoms with Crippen molar-refractivity contribution in [3.63, 3.8) is 0 Å². The van der Waals surface area contributed by atoms with Gasteiger partial charge in [0.2, 0.25) is 0 Å². The van der Waals surface area contributed by atoms with Crippen LogP contribution >= 0.6 is 0 Å². The van der Waals surface area contributed by atoms with Crippen molar-refractivity contribution >= 4 is 5.91 Å². The highest BCUT2D eigenvalue weighted by molar-refractivity contribution is 5.94. The number of likely N-dealkylation sites (tertiary alicyclic amines) is 1. The van der Waals surface area contributed by atoms with Gasteiger partial charge >= 0.3 is 0 Å². The average molecular weight is 204 g/mol. The lowest BCUT2D eigenvalue weighted by molar-refractivity contribution is 0.0764. The molecule has 0 aromatic carbocycles. The van der Waals surface area contributed by atoms with E-state index in [4.69, 9.17) is 9.68 Å². The van der Waals surface area contributed by atoms with Crippen molar-refractivity contribution in [2.45, 2.75) is 25.8 Å². The van der Waals surface area contributed by atoms with Crippen LogP contribution in [-0.2, 0) is 0 Å². The van der Waals surface area contributed by atoms with Gasteiger partial charge in [0.15, 0.2) is 0 Å². The van der Waals surface area contributed by atoms with Crippen LogP contribution in [0.1, 0.15) is 29.0 Å². The molecule has 0 bridgehead atoms. The van der Waals surface area contributed by atoms with Gasteiger partial charge in [0.05, 0.1) is 11.6 Å². The van der Waals surface area contributed by atoms with Crippen molar-refractivity contribution < 1.29 is 9.21 Å². The highest BCUT2D eigenvalue weighted by Crippen LogP contribution is 2.20. The number of aryl methyl sites for hydroxylation is 1. The zero-order valence-corrected chi connectivity index (χ0v) is 8.56. The van der Waals surface area contributed by atoms with E-state index in [1.54, 1.807) is 17.9 Å². The third-order valence-corrected chi connectivity index (χ3v) is 2.64. The van der Waals surface area contributed by atoms with Gasteiger partial charge in [-0.3, -0.25) is 4.79 Å². The molecule has 1 amide bonds. The number of nitriles is 1. The van der Waals surface area contributed by atoms with Gasteiger partial charge < -0.3 is 9.32 Å². The van der Waals surface area contributed by atoms with E-state index >= 15 is 0 Å². The number of amides is 1. The van der Waals surface area contributed by atoms with Crippen molar-refractivity contribution in [3.05, 3.63) is 23.7 Å². The molecule has 78 valence electrons. The summed E-state index contributed by atoms with van der Waals surface area (Å²) < 4.78 is 5.08. The molecule has 1 aliphatic rings. The Hall–Kier alpha value is -1.76. The summed E-state index contributed by atoms with van der Waals surface area (Å²) in [5.41, 5.74) is 0.537. The number of rotatable bonds is 1. The van der Waals surface area contributed by atoms with Crippen LogP contribution in [0.15, 0.2) is 16.7 Å². The predicted molar refractivity (Wildman–Crippen MR) is 53.1 cm³/mol. The molecule has 4 heteroatoms. The Bertz CT molecular complexity index is 416. The minimum Gasteiger partial charge on any atom is -0.469 e. The van der Waals surface area contributed by atoms with E-state index < -0.39 is 0 Å². The fraction of sp³-hybridized carbons (Fsp3) is 0.455. The summed E-state index contributed by atoms with van der Waals surface area (Å²) in [4.78, 5) is 13.6. The van der Waals surface area contributed by atoms with Gasteiger partial charge in [0.25, 0.3) is 5.91 Å². The van der Waals surface area contributed by atoms with Gasteiger partial charge in [0.1, 0.15) is 18.1 Å². The first-order valence-corrected chi connectivity index (χ1v) is 4.98. The van der Waals surface area contributed by atoms with E-state index in [9.17, 15) is 4.79 Å². The molecule has 2 heterocycles. The maximum atomic E-state index is 11.9. The van der Waals surface area contributed by atoms with Crippen molar-refractivity contribution in [1.82, 2.24) is 4.90 Å². The van der Waals surface area contributed by atoms with E-state index in [1.165, 1.54) is 6.26 Å². The van der Waals surface area contributed by atoms with Crippen molar-refractivity contribution in [2.75, 3.05) is 6.54 Å². The minimum absolute atomic E-state index is 0.101. The zero-order valence-electron chi connectivity index (χ0n) is 8.56. The number of carbonyl (C=O) groups is 1. The lowest BCUT2D eigenvalue weighted by Crippen LogP contribution is -2.34. The molecular weight excluding hydrogens is 192 g/mol. The van der Waals surface area contributed by atoms with Crippen LogP contribution in [0.4, 0.5) is 0 Å². The Labute approximate surface area is 88.1 Å². The largest absolute Gasteiger partial charge is 0.469 e. The van der Waals surface area contributed by atoms with Gasteiger partial charge in [-0.15, -0.1) is 0 Å². The second-order valence-corrected chi connectivity index (χ2v) is 3.73. The fourth-order valence-electron chi connectivity index (χ4n) is 1.87. The standard InChI is InChI=1S/C11H12N2O2/c1-8-5-9(7-15-8)11(14)13-4-2-3-10(13)6-12/h5,7,10H,2-4H2,1H3. The molecule has 0 saturated carbocycles. The molecule has 0 spiro atoms. The molecule has 0 N–H and O–H groups in total. The molecule has 1 aliphatic heterocycles. The van der Waals surface area contributed by atoms with E-state index in [2.05, 4.69) is 6.07 Å². The molecule has 1 aromatic rings. The smallest absolute Gasteiger partial charge is 0.258 e. The van der Waals surface area contributed by atoms with E-state index in [1.807, 2.05) is 0 Å². The molecule has 2 rings (SSSR count). The van der Waals surface area contributed by atoms with E-state index in [0.29, 0.717) is 17.9 Å². The monoisotopic (exact) mass is 204 g/mol. The molecule has 1 unspecified atom stereocenters. The molecular formula is C11H12N2O2. The molecule has 1 atom stereocenters. The Morgan fingerprint density at radius 2 is 2.53 bits per heavy atom. The Balaban J connectivity index is 2.18. The normalized spacial score (nSPS) is 20.3. The van der Waals surface area contributed by atoms with Gasteiger partial charge in [-0.1, -0.05) is 0 Å². The maximum Gasteiger partial charge on any atom is 0.258 e. The molecule has 0 radical (unpaired) electrons. The number of furan rings is 1. The predicted octanol–water partition coefficient (Wildman–Crippen LogP) is 1.72. The van der Waals surface area contributed by atoms with Crippen LogP contribution in [0.2, 0.25) is 0 Å². The molecule has 4 nitrogen and oxygen atoms in total. The molecule has 0 aliphatic carbocycles. The number of hydrogen-bond donors (Lipinski definition) is 0. The number of hydrogen-bond acceptors (Lipinski definition) is 3. The quantitative estimate of drug-likeness (QED) is 0.699. The van der Waals surface area contributed by atoms with Crippen LogP contribution in [0.25, 0.3) is 0 Å². The number of carbonyl (C=O) groups excluding carboxylic acids is 1. The first-order valence-electron chi connectivity index (χ1n) is 4.98. The van der Waals surface area contributed by atoms with Crippen molar-refractivity contribution in [3.8, 4) is 6.07 Å². The summed E-state index contributed by atoms with van der Waals surface area (Å²) in [6, 6.07) is 3.58. The highest BCUT2D eigenvalue weighted by Gasteiger charge is 2.29. The first-order chi connectivity index (χ1) is 7.22. The van der Waals surface area contributed by atoms with Crippen LogP contribution < -0.4 is 0 Å². The van der Waals surface area contributed by atoms with Crippen molar-refractivity contribution in [2.24, 2.45) is 0 Å². The third-order valence-electron chi connectivity index (χ3n) is 2.64. The zero-order chi connectivity index (χ0) is 10.8. The summed E-state index contributed by atoms with van der Waals surface area (Å²) in [6.07, 6.45) is 3.13. The first kappa shape index (κ1) is 9.78. The van der Waals surface area contributed by atoms with Crippen molar-refractivity contribution in [1.29, 1.82) is 5.26 Å². The van der Waals surface area contributed by atoms with Crippen LogP contribution in [0.3, 0.4) is 0 Å². The van der Waals surface area contributed by atoms with Crippen LogP contribution in [0.5, 0.6) is 0 Å². The summed E-state index contributed by atoms with van der Waals surface area (Å²) in [5, 5.41) is 8.87. The number of nitrogens with zero attached hydrogens (tertiary/aromatic N) is 2. The van der Waals surface area contributed by atoms with Gasteiger partial charge in [-0.2, -0.15) is 5.26 Å². The minimum atomic E-state index is -0.271. The second-order valence-electron chi connectivity index (χ2n) is 3.73. The van der Waals surface area contributed by atoms with Crippen LogP contribution in [0, 0.1) is 18.3 Å². The SMILES string of the molecule is Cc1cc(C(=O)N2CCCC2C#N)co1. The Morgan fingerprint density at radius 1 is 1.73 bits per heavy atom. The molecule has 1 aromatic heterocycles.